The van der Waals surface area contributed by atoms with Crippen LogP contribution in [-0.4, -0.2) is 52.0 Å². The predicted molar refractivity (Wildman–Crippen MR) is 145 cm³/mol. The van der Waals surface area contributed by atoms with Crippen LogP contribution in [-0.2, 0) is 28.9 Å². The van der Waals surface area contributed by atoms with E-state index in [2.05, 4.69) is 15.5 Å². The zero-order valence-corrected chi connectivity index (χ0v) is 21.8. The maximum absolute atomic E-state index is 13.3. The number of nitrogens with one attached hydrogen (secondary N) is 1. The molecule has 0 aliphatic carbocycles. The highest BCUT2D eigenvalue weighted by Crippen LogP contribution is 2.38. The number of carbonyl (C=O) groups is 2. The topological polar surface area (TPSA) is 116 Å². The van der Waals surface area contributed by atoms with Crippen molar-refractivity contribution in [2.45, 2.75) is 37.8 Å². The highest BCUT2D eigenvalue weighted by molar-refractivity contribution is 5.86. The number of amides is 1. The van der Waals surface area contributed by atoms with Gasteiger partial charge in [0.05, 0.1) is 19.8 Å². The van der Waals surface area contributed by atoms with E-state index < -0.39 is 18.1 Å². The molecule has 3 aromatic carbocycles. The summed E-state index contributed by atoms with van der Waals surface area (Å²) in [6, 6.07) is 21.3. The third-order valence-electron chi connectivity index (χ3n) is 7.02. The van der Waals surface area contributed by atoms with E-state index in [0.29, 0.717) is 36.6 Å². The smallest absolute Gasteiger partial charge is 0.326 e. The van der Waals surface area contributed by atoms with Crippen molar-refractivity contribution in [1.29, 1.82) is 0 Å². The fourth-order valence-corrected chi connectivity index (χ4v) is 5.08. The summed E-state index contributed by atoms with van der Waals surface area (Å²) in [5.41, 5.74) is 3.54. The van der Waals surface area contributed by atoms with Gasteiger partial charge in [-0.1, -0.05) is 60.7 Å². The van der Waals surface area contributed by atoms with Gasteiger partial charge in [0.25, 0.3) is 0 Å². The molecule has 1 aromatic heterocycles. The van der Waals surface area contributed by atoms with Gasteiger partial charge in [0, 0.05) is 19.3 Å². The number of benzene rings is 3. The molecular weight excluding hydrogens is 496 g/mol. The number of aryl methyl sites for hydroxylation is 1. The summed E-state index contributed by atoms with van der Waals surface area (Å²) in [5.74, 6) is 1.36. The molecule has 1 amide bonds. The van der Waals surface area contributed by atoms with Crippen LogP contribution in [0.1, 0.15) is 35.2 Å². The number of carboxylic acid groups (broad SMARTS) is 1. The third-order valence-corrected chi connectivity index (χ3v) is 7.02. The number of fused-ring (bicyclic) bond motifs is 1. The Balaban J connectivity index is 1.30. The lowest BCUT2D eigenvalue weighted by Crippen LogP contribution is -2.45. The first-order valence-electron chi connectivity index (χ1n) is 12.8. The van der Waals surface area contributed by atoms with Crippen molar-refractivity contribution < 1.29 is 24.2 Å². The molecule has 2 N–H and O–H groups in total. The Hall–Kier alpha value is -4.66. The van der Waals surface area contributed by atoms with Crippen LogP contribution < -0.4 is 14.8 Å². The first-order chi connectivity index (χ1) is 19.0. The molecule has 2 atom stereocenters. The van der Waals surface area contributed by atoms with Crippen LogP contribution in [0.15, 0.2) is 72.8 Å². The normalized spacial score (nSPS) is 14.9. The Morgan fingerprint density at radius 2 is 1.64 bits per heavy atom. The van der Waals surface area contributed by atoms with Crippen LogP contribution in [0.2, 0.25) is 0 Å². The van der Waals surface area contributed by atoms with Gasteiger partial charge in [0.2, 0.25) is 5.91 Å². The van der Waals surface area contributed by atoms with Gasteiger partial charge in [0.1, 0.15) is 35.2 Å². The molecular formula is C30H30N4O5. The van der Waals surface area contributed by atoms with Gasteiger partial charge in [-0.3, -0.25) is 4.79 Å². The largest absolute Gasteiger partial charge is 0.496 e. The standard InChI is InChI=1S/C30H30N4O5/c1-38-24-9-6-10-25(39-2)28(24)21-13-11-20(12-14-21)17-22(30(36)37)31-29(35)23-15-16-26-32-33-27(34(23)26)18-19-7-4-3-5-8-19/h3-14,22-23H,15-18H2,1-2H3,(H,31,35)(H,36,37)/t22-,23-/m0/s1. The molecule has 0 fully saturated rings. The van der Waals surface area contributed by atoms with Crippen LogP contribution in [0.3, 0.4) is 0 Å². The van der Waals surface area contributed by atoms with Crippen molar-refractivity contribution in [1.82, 2.24) is 20.1 Å². The second-order valence-corrected chi connectivity index (χ2v) is 9.46. The molecule has 0 radical (unpaired) electrons. The summed E-state index contributed by atoms with van der Waals surface area (Å²) < 4.78 is 12.9. The number of aliphatic carboxylic acids is 1. The number of hydrogen-bond acceptors (Lipinski definition) is 6. The molecule has 39 heavy (non-hydrogen) atoms. The van der Waals surface area contributed by atoms with E-state index in [0.717, 1.165) is 28.1 Å². The minimum atomic E-state index is -1.09. The molecule has 1 aliphatic heterocycles. The Kier molecular flexibility index (Phi) is 7.58. The number of ether oxygens (including phenoxy) is 2. The minimum absolute atomic E-state index is 0.142. The lowest BCUT2D eigenvalue weighted by Gasteiger charge is -2.20. The van der Waals surface area contributed by atoms with E-state index in [1.54, 1.807) is 14.2 Å². The molecule has 0 spiro atoms. The van der Waals surface area contributed by atoms with E-state index in [1.165, 1.54) is 0 Å². The van der Waals surface area contributed by atoms with Gasteiger partial charge in [-0.2, -0.15) is 0 Å². The number of methoxy groups -OCH3 is 2. The van der Waals surface area contributed by atoms with Crippen LogP contribution in [0.25, 0.3) is 11.1 Å². The summed E-state index contributed by atoms with van der Waals surface area (Å²) in [6.45, 7) is 0. The van der Waals surface area contributed by atoms with Crippen molar-refractivity contribution in [2.75, 3.05) is 14.2 Å². The molecule has 0 saturated carbocycles. The fourth-order valence-electron chi connectivity index (χ4n) is 5.08. The van der Waals surface area contributed by atoms with Crippen molar-refractivity contribution in [2.24, 2.45) is 0 Å². The Bertz CT molecular complexity index is 1440. The maximum Gasteiger partial charge on any atom is 0.326 e. The average molecular weight is 527 g/mol. The Labute approximate surface area is 226 Å². The van der Waals surface area contributed by atoms with Gasteiger partial charge in [0.15, 0.2) is 0 Å². The van der Waals surface area contributed by atoms with Gasteiger partial charge in [-0.25, -0.2) is 4.79 Å². The van der Waals surface area contributed by atoms with E-state index >= 15 is 0 Å². The third kappa shape index (κ3) is 5.47. The number of rotatable bonds is 10. The van der Waals surface area contributed by atoms with E-state index in [4.69, 9.17) is 9.47 Å². The summed E-state index contributed by atoms with van der Waals surface area (Å²) in [7, 11) is 3.20. The zero-order valence-electron chi connectivity index (χ0n) is 21.8. The lowest BCUT2D eigenvalue weighted by molar-refractivity contribution is -0.142. The molecule has 200 valence electrons. The Morgan fingerprint density at radius 1 is 0.949 bits per heavy atom. The van der Waals surface area contributed by atoms with Crippen LogP contribution >= 0.6 is 0 Å². The van der Waals surface area contributed by atoms with Crippen molar-refractivity contribution in [3.63, 3.8) is 0 Å². The molecule has 9 nitrogen and oxygen atoms in total. The number of carbonyl (C=O) groups excluding carboxylic acids is 1. The molecule has 5 rings (SSSR count). The molecule has 0 unspecified atom stereocenters. The fraction of sp³-hybridized carbons (Fsp3) is 0.267. The predicted octanol–water partition coefficient (Wildman–Crippen LogP) is 3.85. The van der Waals surface area contributed by atoms with Crippen LogP contribution in [0.5, 0.6) is 11.5 Å². The second kappa shape index (κ2) is 11.4. The first-order valence-corrected chi connectivity index (χ1v) is 12.8. The van der Waals surface area contributed by atoms with E-state index in [-0.39, 0.29) is 12.3 Å². The molecule has 0 bridgehead atoms. The summed E-state index contributed by atoms with van der Waals surface area (Å²) in [6.07, 6.45) is 1.86. The summed E-state index contributed by atoms with van der Waals surface area (Å²) in [5, 5.41) is 21.2. The minimum Gasteiger partial charge on any atom is -0.496 e. The molecule has 1 aliphatic rings. The zero-order chi connectivity index (χ0) is 27.4. The number of nitrogens with zero attached hydrogens (tertiary/aromatic N) is 3. The van der Waals surface area contributed by atoms with Crippen LogP contribution in [0.4, 0.5) is 0 Å². The van der Waals surface area contributed by atoms with Gasteiger partial charge in [-0.05, 0) is 35.2 Å². The summed E-state index contributed by atoms with van der Waals surface area (Å²) in [4.78, 5) is 25.5. The maximum atomic E-state index is 13.3. The summed E-state index contributed by atoms with van der Waals surface area (Å²) >= 11 is 0. The number of carboxylic acids is 1. The van der Waals surface area contributed by atoms with Crippen molar-refractivity contribution in [3.8, 4) is 22.6 Å². The quantitative estimate of drug-likeness (QED) is 0.322. The highest BCUT2D eigenvalue weighted by Gasteiger charge is 2.34. The lowest BCUT2D eigenvalue weighted by atomic mass is 9.99. The SMILES string of the molecule is COc1cccc(OC)c1-c1ccc(C[C@H](NC(=O)[C@@H]2CCc3nnc(Cc4ccccc4)n32)C(=O)O)cc1. The monoisotopic (exact) mass is 526 g/mol. The number of aromatic nitrogens is 3. The number of hydrogen-bond donors (Lipinski definition) is 2. The molecule has 2 heterocycles. The van der Waals surface area contributed by atoms with Crippen LogP contribution in [0, 0.1) is 0 Å². The molecule has 0 saturated heterocycles. The van der Waals surface area contributed by atoms with Crippen molar-refractivity contribution in [3.05, 3.63) is 95.6 Å². The highest BCUT2D eigenvalue weighted by atomic mass is 16.5. The second-order valence-electron chi connectivity index (χ2n) is 9.46. The Morgan fingerprint density at radius 3 is 2.28 bits per heavy atom. The first kappa shape index (κ1) is 26.0. The molecule has 9 heteroatoms. The van der Waals surface area contributed by atoms with Gasteiger partial charge < -0.3 is 24.5 Å². The van der Waals surface area contributed by atoms with Crippen molar-refractivity contribution >= 4 is 11.9 Å². The molecule has 4 aromatic rings. The van der Waals surface area contributed by atoms with Gasteiger partial charge in [-0.15, -0.1) is 10.2 Å². The van der Waals surface area contributed by atoms with Gasteiger partial charge >= 0.3 is 5.97 Å². The average Bonchev–Trinajstić information content (AvgIpc) is 3.56. The van der Waals surface area contributed by atoms with E-state index in [9.17, 15) is 14.7 Å². The van der Waals surface area contributed by atoms with E-state index in [1.807, 2.05) is 77.4 Å².